The van der Waals surface area contributed by atoms with E-state index in [1.54, 1.807) is 17.9 Å². The Morgan fingerprint density at radius 3 is 2.71 bits per heavy atom. The number of aromatic hydroxyl groups is 2. The van der Waals surface area contributed by atoms with Gasteiger partial charge < -0.3 is 10.2 Å². The van der Waals surface area contributed by atoms with Crippen LogP contribution in [0.4, 0.5) is 0 Å². The van der Waals surface area contributed by atoms with Gasteiger partial charge in [-0.05, 0) is 36.8 Å². The van der Waals surface area contributed by atoms with Crippen molar-refractivity contribution < 1.29 is 10.2 Å². The Bertz CT molecular complexity index is 811. The monoisotopic (exact) mass is 282 g/mol. The van der Waals surface area contributed by atoms with Gasteiger partial charge in [0.25, 0.3) is 0 Å². The van der Waals surface area contributed by atoms with Gasteiger partial charge in [-0.25, -0.2) is 9.67 Å². The molecule has 0 amide bonds. The molecule has 0 saturated heterocycles. The Morgan fingerprint density at radius 2 is 1.95 bits per heavy atom. The van der Waals surface area contributed by atoms with E-state index in [4.69, 9.17) is 0 Å². The Hall–Kier alpha value is -2.89. The largest absolute Gasteiger partial charge is 0.508 e. The van der Waals surface area contributed by atoms with Crippen LogP contribution in [0.2, 0.25) is 0 Å². The fraction of sp³-hybridized carbons (Fsp3) is 0.133. The summed E-state index contributed by atoms with van der Waals surface area (Å²) >= 11 is 0. The number of pyridine rings is 1. The lowest BCUT2D eigenvalue weighted by Gasteiger charge is -2.03. The summed E-state index contributed by atoms with van der Waals surface area (Å²) < 4.78 is 1.55. The first-order valence-electron chi connectivity index (χ1n) is 6.41. The minimum absolute atomic E-state index is 0.0348. The number of rotatable bonds is 2. The van der Waals surface area contributed by atoms with Gasteiger partial charge >= 0.3 is 0 Å². The maximum atomic E-state index is 9.94. The molecular weight excluding hydrogens is 268 g/mol. The lowest BCUT2D eigenvalue weighted by atomic mass is 10.1. The van der Waals surface area contributed by atoms with Gasteiger partial charge in [-0.3, -0.25) is 4.98 Å². The highest BCUT2D eigenvalue weighted by Gasteiger charge is 2.16. The molecule has 6 nitrogen and oxygen atoms in total. The number of aryl methyl sites for hydroxylation is 2. The van der Waals surface area contributed by atoms with Crippen molar-refractivity contribution in [3.8, 4) is 34.4 Å². The average Bonchev–Trinajstić information content (AvgIpc) is 2.84. The van der Waals surface area contributed by atoms with Crippen LogP contribution in [0, 0.1) is 6.92 Å². The normalized spacial score (nSPS) is 10.8. The number of hydrogen-bond donors (Lipinski definition) is 2. The van der Waals surface area contributed by atoms with Crippen LogP contribution in [0.15, 0.2) is 36.5 Å². The van der Waals surface area contributed by atoms with Gasteiger partial charge in [0.05, 0.1) is 5.56 Å². The zero-order chi connectivity index (χ0) is 15.0. The van der Waals surface area contributed by atoms with E-state index in [0.29, 0.717) is 22.9 Å². The molecule has 3 aromatic rings. The topological polar surface area (TPSA) is 84.1 Å². The fourth-order valence-electron chi connectivity index (χ4n) is 2.14. The second kappa shape index (κ2) is 4.90. The number of phenols is 2. The summed E-state index contributed by atoms with van der Waals surface area (Å²) in [5, 5.41) is 23.9. The first-order chi connectivity index (χ1) is 10.1. The van der Waals surface area contributed by atoms with Crippen molar-refractivity contribution in [2.24, 2.45) is 7.05 Å². The lowest BCUT2D eigenvalue weighted by molar-refractivity contribution is 0.461. The summed E-state index contributed by atoms with van der Waals surface area (Å²) in [4.78, 5) is 8.72. The highest BCUT2D eigenvalue weighted by atomic mass is 16.3. The van der Waals surface area contributed by atoms with E-state index in [2.05, 4.69) is 15.1 Å². The Labute approximate surface area is 121 Å². The van der Waals surface area contributed by atoms with Crippen LogP contribution >= 0.6 is 0 Å². The second-order valence-corrected chi connectivity index (χ2v) is 4.75. The quantitative estimate of drug-likeness (QED) is 0.704. The van der Waals surface area contributed by atoms with Crippen molar-refractivity contribution in [2.45, 2.75) is 6.92 Å². The maximum Gasteiger partial charge on any atom is 0.200 e. The highest BCUT2D eigenvalue weighted by Crippen LogP contribution is 2.32. The van der Waals surface area contributed by atoms with E-state index in [1.165, 1.54) is 18.2 Å². The van der Waals surface area contributed by atoms with E-state index < -0.39 is 0 Å². The lowest BCUT2D eigenvalue weighted by Crippen LogP contribution is -1.95. The standard InChI is InChI=1S/C15H14N4O2/c1-9-4-3-7-16-13(9)14-17-15(19(2)18-14)11-8-10(20)5-6-12(11)21/h3-8,20-21H,1-2H3. The van der Waals surface area contributed by atoms with Crippen LogP contribution < -0.4 is 0 Å². The van der Waals surface area contributed by atoms with Crippen molar-refractivity contribution in [2.75, 3.05) is 0 Å². The molecule has 0 aliphatic heterocycles. The molecule has 0 spiro atoms. The summed E-state index contributed by atoms with van der Waals surface area (Å²) in [5.74, 6) is 1.03. The molecular formula is C15H14N4O2. The van der Waals surface area contributed by atoms with Gasteiger partial charge in [0.2, 0.25) is 5.82 Å². The van der Waals surface area contributed by atoms with E-state index >= 15 is 0 Å². The molecule has 2 N–H and O–H groups in total. The van der Waals surface area contributed by atoms with Crippen LogP contribution in [-0.4, -0.2) is 30.0 Å². The van der Waals surface area contributed by atoms with Gasteiger partial charge in [-0.15, -0.1) is 5.10 Å². The molecule has 6 heteroatoms. The van der Waals surface area contributed by atoms with E-state index in [0.717, 1.165) is 5.56 Å². The first kappa shape index (κ1) is 13.1. The molecule has 0 aliphatic rings. The van der Waals surface area contributed by atoms with Gasteiger partial charge in [-0.2, -0.15) is 0 Å². The summed E-state index contributed by atoms with van der Waals surface area (Å²) in [6, 6.07) is 8.08. The summed E-state index contributed by atoms with van der Waals surface area (Å²) in [6.07, 6.45) is 1.68. The third kappa shape index (κ3) is 2.31. The van der Waals surface area contributed by atoms with E-state index in [9.17, 15) is 10.2 Å². The predicted molar refractivity (Wildman–Crippen MR) is 77.7 cm³/mol. The number of nitrogens with zero attached hydrogens (tertiary/aromatic N) is 4. The molecule has 106 valence electrons. The Morgan fingerprint density at radius 1 is 1.14 bits per heavy atom. The molecule has 0 atom stereocenters. The summed E-state index contributed by atoms with van der Waals surface area (Å²) in [6.45, 7) is 1.93. The van der Waals surface area contributed by atoms with Crippen molar-refractivity contribution in [1.29, 1.82) is 0 Å². The van der Waals surface area contributed by atoms with Gasteiger partial charge in [0.15, 0.2) is 5.82 Å². The van der Waals surface area contributed by atoms with Crippen LogP contribution in [0.3, 0.4) is 0 Å². The molecule has 0 saturated carbocycles. The molecule has 1 aromatic carbocycles. The highest BCUT2D eigenvalue weighted by molar-refractivity contribution is 5.68. The number of benzene rings is 1. The van der Waals surface area contributed by atoms with Gasteiger partial charge in [0.1, 0.15) is 17.2 Å². The second-order valence-electron chi connectivity index (χ2n) is 4.75. The van der Waals surface area contributed by atoms with Crippen molar-refractivity contribution in [3.63, 3.8) is 0 Å². The molecule has 0 fully saturated rings. The third-order valence-corrected chi connectivity index (χ3v) is 3.21. The van der Waals surface area contributed by atoms with E-state index in [1.807, 2.05) is 19.1 Å². The minimum atomic E-state index is 0.0348. The van der Waals surface area contributed by atoms with Crippen LogP contribution in [0.25, 0.3) is 22.9 Å². The predicted octanol–water partition coefficient (Wildman–Crippen LogP) is 2.26. The Balaban J connectivity index is 2.15. The first-order valence-corrected chi connectivity index (χ1v) is 6.41. The molecule has 0 unspecified atom stereocenters. The summed E-state index contributed by atoms with van der Waals surface area (Å²) in [7, 11) is 1.73. The number of phenolic OH excluding ortho intramolecular Hbond substituents is 2. The van der Waals surface area contributed by atoms with Crippen molar-refractivity contribution in [1.82, 2.24) is 19.7 Å². The fourth-order valence-corrected chi connectivity index (χ4v) is 2.14. The smallest absolute Gasteiger partial charge is 0.200 e. The molecule has 2 aromatic heterocycles. The zero-order valence-corrected chi connectivity index (χ0v) is 11.6. The molecule has 0 bridgehead atoms. The molecule has 0 aliphatic carbocycles. The molecule has 0 radical (unpaired) electrons. The third-order valence-electron chi connectivity index (χ3n) is 3.21. The Kier molecular flexibility index (Phi) is 3.06. The summed E-state index contributed by atoms with van der Waals surface area (Å²) in [5.41, 5.74) is 2.08. The zero-order valence-electron chi connectivity index (χ0n) is 11.6. The van der Waals surface area contributed by atoms with Crippen LogP contribution in [0.1, 0.15) is 5.56 Å². The minimum Gasteiger partial charge on any atom is -0.508 e. The SMILES string of the molecule is Cc1cccnc1-c1nc(-c2cc(O)ccc2O)n(C)n1. The van der Waals surface area contributed by atoms with Crippen LogP contribution in [0.5, 0.6) is 11.5 Å². The average molecular weight is 282 g/mol. The van der Waals surface area contributed by atoms with Gasteiger partial charge in [0, 0.05) is 13.2 Å². The van der Waals surface area contributed by atoms with E-state index in [-0.39, 0.29) is 11.5 Å². The number of aromatic nitrogens is 4. The molecule has 21 heavy (non-hydrogen) atoms. The van der Waals surface area contributed by atoms with Gasteiger partial charge in [-0.1, -0.05) is 6.07 Å². The van der Waals surface area contributed by atoms with Crippen molar-refractivity contribution >= 4 is 0 Å². The molecule has 3 rings (SSSR count). The number of hydrogen-bond acceptors (Lipinski definition) is 5. The van der Waals surface area contributed by atoms with Crippen molar-refractivity contribution in [3.05, 3.63) is 42.1 Å². The molecule has 2 heterocycles. The maximum absolute atomic E-state index is 9.94. The van der Waals surface area contributed by atoms with Crippen LogP contribution in [-0.2, 0) is 7.05 Å².